The predicted molar refractivity (Wildman–Crippen MR) is 61.4 cm³/mol. The number of unbranched alkanes of at least 4 members (excludes halogenated alkanes) is 2. The van der Waals surface area contributed by atoms with Crippen molar-refractivity contribution in [2.24, 2.45) is 0 Å². The van der Waals surface area contributed by atoms with Gasteiger partial charge in [0.05, 0.1) is 12.7 Å². The van der Waals surface area contributed by atoms with Crippen LogP contribution in [-0.4, -0.2) is 6.61 Å². The molecule has 0 aliphatic heterocycles. The molecule has 0 unspecified atom stereocenters. The molecule has 0 aliphatic rings. The summed E-state index contributed by atoms with van der Waals surface area (Å²) in [6.07, 6.45) is 2.28. The fraction of sp³-hybridized carbons (Fsp3) is 0.364. The van der Waals surface area contributed by atoms with Gasteiger partial charge in [-0.3, -0.25) is 0 Å². The van der Waals surface area contributed by atoms with Crippen LogP contribution < -0.4 is 4.74 Å². The summed E-state index contributed by atoms with van der Waals surface area (Å²) in [5, 5.41) is 9.46. The van der Waals surface area contributed by atoms with E-state index in [0.29, 0.717) is 28.8 Å². The molecule has 0 radical (unpaired) electrons. The van der Waals surface area contributed by atoms with Crippen LogP contribution in [0.15, 0.2) is 18.2 Å². The Morgan fingerprint density at radius 2 is 1.80 bits per heavy atom. The number of benzene rings is 1. The Labute approximate surface area is 99.4 Å². The van der Waals surface area contributed by atoms with E-state index in [4.69, 9.17) is 33.2 Å². The van der Waals surface area contributed by atoms with E-state index in [2.05, 4.69) is 6.07 Å². The van der Waals surface area contributed by atoms with Crippen LogP contribution in [0, 0.1) is 11.3 Å². The van der Waals surface area contributed by atoms with Gasteiger partial charge in [0.25, 0.3) is 0 Å². The minimum Gasteiger partial charge on any atom is -0.493 e. The predicted octanol–water partition coefficient (Wildman–Crippen LogP) is 4.07. The van der Waals surface area contributed by atoms with Crippen molar-refractivity contribution in [3.8, 4) is 11.8 Å². The van der Waals surface area contributed by atoms with Gasteiger partial charge in [0.1, 0.15) is 5.75 Å². The lowest BCUT2D eigenvalue weighted by Gasteiger charge is -2.06. The Bertz CT molecular complexity index is 340. The maximum atomic E-state index is 8.33. The van der Waals surface area contributed by atoms with Crippen molar-refractivity contribution in [3.63, 3.8) is 0 Å². The molecule has 0 bridgehead atoms. The van der Waals surface area contributed by atoms with Crippen molar-refractivity contribution in [2.75, 3.05) is 6.61 Å². The average molecular weight is 244 g/mol. The lowest BCUT2D eigenvalue weighted by Crippen LogP contribution is -1.96. The van der Waals surface area contributed by atoms with E-state index in [0.717, 1.165) is 12.8 Å². The number of nitrogens with zero attached hydrogens (tertiary/aromatic N) is 1. The Kier molecular flexibility index (Phi) is 5.31. The summed E-state index contributed by atoms with van der Waals surface area (Å²) < 4.78 is 5.44. The van der Waals surface area contributed by atoms with E-state index in [1.54, 1.807) is 18.2 Å². The molecule has 1 aromatic carbocycles. The van der Waals surface area contributed by atoms with Gasteiger partial charge in [0.2, 0.25) is 0 Å². The van der Waals surface area contributed by atoms with Crippen molar-refractivity contribution in [1.29, 1.82) is 5.26 Å². The molecule has 0 amide bonds. The average Bonchev–Trinajstić information content (AvgIpc) is 2.16. The van der Waals surface area contributed by atoms with Gasteiger partial charge in [0.15, 0.2) is 0 Å². The molecule has 0 spiro atoms. The number of ether oxygens (including phenoxy) is 1. The smallest absolute Gasteiger partial charge is 0.122 e. The Morgan fingerprint density at radius 1 is 1.13 bits per heavy atom. The summed E-state index contributed by atoms with van der Waals surface area (Å²) in [7, 11) is 0. The van der Waals surface area contributed by atoms with Crippen LogP contribution >= 0.6 is 23.2 Å². The van der Waals surface area contributed by atoms with Crippen molar-refractivity contribution >= 4 is 23.2 Å². The molecule has 0 fully saturated rings. The van der Waals surface area contributed by atoms with E-state index >= 15 is 0 Å². The lowest BCUT2D eigenvalue weighted by atomic mass is 10.2. The number of hydrogen-bond donors (Lipinski definition) is 0. The Balaban J connectivity index is 2.34. The molecular weight excluding hydrogens is 233 g/mol. The highest BCUT2D eigenvalue weighted by Gasteiger charge is 1.98. The highest BCUT2D eigenvalue weighted by molar-refractivity contribution is 6.34. The molecule has 0 heterocycles. The van der Waals surface area contributed by atoms with Crippen LogP contribution in [0.25, 0.3) is 0 Å². The maximum absolute atomic E-state index is 8.33. The molecule has 15 heavy (non-hydrogen) atoms. The van der Waals surface area contributed by atoms with Gasteiger partial charge in [0, 0.05) is 16.5 Å². The van der Waals surface area contributed by atoms with Crippen LogP contribution in [-0.2, 0) is 0 Å². The second-order valence-corrected chi connectivity index (χ2v) is 3.94. The summed E-state index contributed by atoms with van der Waals surface area (Å²) in [6.45, 7) is 0.582. The number of rotatable bonds is 5. The molecule has 80 valence electrons. The molecular formula is C11H11Cl2NO. The summed E-state index contributed by atoms with van der Waals surface area (Å²) in [5.41, 5.74) is 0. The van der Waals surface area contributed by atoms with E-state index < -0.39 is 0 Å². The Hall–Kier alpha value is -0.910. The monoisotopic (exact) mass is 243 g/mol. The van der Waals surface area contributed by atoms with Gasteiger partial charge < -0.3 is 4.74 Å². The molecule has 2 nitrogen and oxygen atoms in total. The van der Waals surface area contributed by atoms with Gasteiger partial charge in [-0.15, -0.1) is 0 Å². The first-order chi connectivity index (χ1) is 7.22. The quantitative estimate of drug-likeness (QED) is 0.731. The van der Waals surface area contributed by atoms with Crippen molar-refractivity contribution in [2.45, 2.75) is 19.3 Å². The fourth-order valence-electron chi connectivity index (χ4n) is 1.11. The molecule has 1 aromatic rings. The first-order valence-electron chi connectivity index (χ1n) is 4.68. The summed E-state index contributed by atoms with van der Waals surface area (Å²) in [6, 6.07) is 7.19. The molecule has 0 saturated carbocycles. The standard InChI is InChI=1S/C11H11Cl2NO/c12-9-6-10(13)8-11(7-9)15-5-3-1-2-4-14/h6-8H,1-3,5H2. The van der Waals surface area contributed by atoms with Gasteiger partial charge in [-0.1, -0.05) is 23.2 Å². The van der Waals surface area contributed by atoms with Crippen LogP contribution in [0.3, 0.4) is 0 Å². The maximum Gasteiger partial charge on any atom is 0.122 e. The summed E-state index contributed by atoms with van der Waals surface area (Å²) in [4.78, 5) is 0. The third-order valence-electron chi connectivity index (χ3n) is 1.79. The second-order valence-electron chi connectivity index (χ2n) is 3.07. The molecule has 0 saturated heterocycles. The Morgan fingerprint density at radius 3 is 2.40 bits per heavy atom. The first-order valence-corrected chi connectivity index (χ1v) is 5.44. The van der Waals surface area contributed by atoms with E-state index in [1.807, 2.05) is 0 Å². The van der Waals surface area contributed by atoms with Crippen LogP contribution in [0.5, 0.6) is 5.75 Å². The fourth-order valence-corrected chi connectivity index (χ4v) is 1.61. The largest absolute Gasteiger partial charge is 0.493 e. The molecule has 0 N–H and O–H groups in total. The number of halogens is 2. The van der Waals surface area contributed by atoms with E-state index in [1.165, 1.54) is 0 Å². The molecule has 1 rings (SSSR count). The highest BCUT2D eigenvalue weighted by Crippen LogP contribution is 2.24. The highest BCUT2D eigenvalue weighted by atomic mass is 35.5. The summed E-state index contributed by atoms with van der Waals surface area (Å²) >= 11 is 11.6. The van der Waals surface area contributed by atoms with Crippen molar-refractivity contribution in [3.05, 3.63) is 28.2 Å². The zero-order valence-corrected chi connectivity index (χ0v) is 9.68. The molecule has 0 atom stereocenters. The normalized spacial score (nSPS) is 9.67. The minimum absolute atomic E-state index is 0.564. The van der Waals surface area contributed by atoms with Crippen molar-refractivity contribution < 1.29 is 4.74 Å². The second kappa shape index (κ2) is 6.55. The number of hydrogen-bond acceptors (Lipinski definition) is 2. The van der Waals surface area contributed by atoms with Gasteiger partial charge in [-0.05, 0) is 31.0 Å². The summed E-state index contributed by atoms with van der Waals surface area (Å²) in [5.74, 6) is 0.671. The lowest BCUT2D eigenvalue weighted by molar-refractivity contribution is 0.307. The minimum atomic E-state index is 0.564. The zero-order chi connectivity index (χ0) is 11.1. The molecule has 0 aliphatic carbocycles. The van der Waals surface area contributed by atoms with Crippen LogP contribution in [0.2, 0.25) is 10.0 Å². The zero-order valence-electron chi connectivity index (χ0n) is 8.17. The SMILES string of the molecule is N#CCCCCOc1cc(Cl)cc(Cl)c1. The van der Waals surface area contributed by atoms with Gasteiger partial charge in [-0.25, -0.2) is 0 Å². The van der Waals surface area contributed by atoms with E-state index in [-0.39, 0.29) is 0 Å². The number of nitriles is 1. The first kappa shape index (κ1) is 12.2. The van der Waals surface area contributed by atoms with Crippen molar-refractivity contribution in [1.82, 2.24) is 0 Å². The van der Waals surface area contributed by atoms with Gasteiger partial charge in [-0.2, -0.15) is 5.26 Å². The van der Waals surface area contributed by atoms with Crippen LogP contribution in [0.4, 0.5) is 0 Å². The van der Waals surface area contributed by atoms with Gasteiger partial charge >= 0.3 is 0 Å². The third kappa shape index (κ3) is 4.92. The molecule has 4 heteroatoms. The third-order valence-corrected chi connectivity index (χ3v) is 2.22. The topological polar surface area (TPSA) is 33.0 Å². The van der Waals surface area contributed by atoms with E-state index in [9.17, 15) is 0 Å². The van der Waals surface area contributed by atoms with Crippen LogP contribution in [0.1, 0.15) is 19.3 Å². The molecule has 0 aromatic heterocycles.